The molecule has 2 aromatic rings. The van der Waals surface area contributed by atoms with Crippen molar-refractivity contribution in [3.63, 3.8) is 0 Å². The molecule has 2 rings (SSSR count). The standard InChI is InChI=1S/C14H16ClNS/c1-2-14(10-15,8-13-9-17-11-16-13)12-6-4-3-5-7-12/h3-7,9,11H,2,8,10H2,1H3. The SMILES string of the molecule is CCC(CCl)(Cc1cscn1)c1ccccc1. The molecule has 1 heterocycles. The van der Waals surface area contributed by atoms with E-state index in [0.717, 1.165) is 18.5 Å². The van der Waals surface area contributed by atoms with Crippen molar-refractivity contribution < 1.29 is 0 Å². The Balaban J connectivity index is 2.32. The summed E-state index contributed by atoms with van der Waals surface area (Å²) >= 11 is 7.89. The summed E-state index contributed by atoms with van der Waals surface area (Å²) in [6.45, 7) is 2.20. The Bertz CT molecular complexity index is 435. The number of rotatable bonds is 5. The van der Waals surface area contributed by atoms with E-state index in [1.807, 2.05) is 11.6 Å². The zero-order valence-corrected chi connectivity index (χ0v) is 11.5. The molecule has 0 fully saturated rings. The van der Waals surface area contributed by atoms with Crippen LogP contribution < -0.4 is 0 Å². The minimum Gasteiger partial charge on any atom is -0.250 e. The van der Waals surface area contributed by atoms with Crippen molar-refractivity contribution in [2.24, 2.45) is 0 Å². The van der Waals surface area contributed by atoms with Gasteiger partial charge in [-0.25, -0.2) is 4.98 Å². The predicted molar refractivity (Wildman–Crippen MR) is 74.9 cm³/mol. The molecule has 0 spiro atoms. The Labute approximate surface area is 111 Å². The van der Waals surface area contributed by atoms with Crippen molar-refractivity contribution in [1.82, 2.24) is 4.98 Å². The Morgan fingerprint density at radius 2 is 2.06 bits per heavy atom. The molecule has 1 nitrogen and oxygen atoms in total. The number of hydrogen-bond acceptors (Lipinski definition) is 2. The molecule has 1 aromatic heterocycles. The Hall–Kier alpha value is -0.860. The first kappa shape index (κ1) is 12.6. The first-order valence-electron chi connectivity index (χ1n) is 5.79. The normalized spacial score (nSPS) is 14.5. The summed E-state index contributed by atoms with van der Waals surface area (Å²) in [6.07, 6.45) is 1.94. The van der Waals surface area contributed by atoms with E-state index in [4.69, 9.17) is 11.6 Å². The number of nitrogens with zero attached hydrogens (tertiary/aromatic N) is 1. The number of halogens is 1. The van der Waals surface area contributed by atoms with Crippen molar-refractivity contribution in [3.05, 3.63) is 52.5 Å². The van der Waals surface area contributed by atoms with Gasteiger partial charge in [0.15, 0.2) is 0 Å². The molecule has 0 amide bonds. The van der Waals surface area contributed by atoms with Gasteiger partial charge in [0, 0.05) is 23.1 Å². The Morgan fingerprint density at radius 1 is 1.29 bits per heavy atom. The maximum Gasteiger partial charge on any atom is 0.0794 e. The van der Waals surface area contributed by atoms with Gasteiger partial charge in [0.1, 0.15) is 0 Å². The molecule has 1 atom stereocenters. The molecule has 0 N–H and O–H groups in total. The fraction of sp³-hybridized carbons (Fsp3) is 0.357. The van der Waals surface area contributed by atoms with Crippen LogP contribution in [-0.4, -0.2) is 10.9 Å². The molecule has 0 aliphatic heterocycles. The van der Waals surface area contributed by atoms with Crippen molar-refractivity contribution in [2.45, 2.75) is 25.2 Å². The summed E-state index contributed by atoms with van der Waals surface area (Å²) in [7, 11) is 0. The Morgan fingerprint density at radius 3 is 2.59 bits per heavy atom. The second-order valence-electron chi connectivity index (χ2n) is 4.29. The molecule has 0 saturated heterocycles. The van der Waals surface area contributed by atoms with Crippen LogP contribution in [0.15, 0.2) is 41.2 Å². The predicted octanol–water partition coefficient (Wildman–Crippen LogP) is 4.27. The zero-order chi connectivity index (χ0) is 12.1. The highest BCUT2D eigenvalue weighted by Crippen LogP contribution is 2.33. The topological polar surface area (TPSA) is 12.9 Å². The minimum atomic E-state index is 0.0108. The summed E-state index contributed by atoms with van der Waals surface area (Å²) in [5.74, 6) is 0.630. The summed E-state index contributed by atoms with van der Waals surface area (Å²) in [5.41, 5.74) is 4.35. The highest BCUT2D eigenvalue weighted by atomic mass is 35.5. The second kappa shape index (κ2) is 5.65. The maximum absolute atomic E-state index is 6.25. The molecule has 3 heteroatoms. The number of thiazole rings is 1. The van der Waals surface area contributed by atoms with Gasteiger partial charge in [-0.1, -0.05) is 37.3 Å². The number of alkyl halides is 1. The van der Waals surface area contributed by atoms with Crippen molar-refractivity contribution >= 4 is 22.9 Å². The molecule has 0 aliphatic carbocycles. The van der Waals surface area contributed by atoms with E-state index in [-0.39, 0.29) is 5.41 Å². The molecule has 1 unspecified atom stereocenters. The first-order valence-corrected chi connectivity index (χ1v) is 7.27. The van der Waals surface area contributed by atoms with E-state index in [0.29, 0.717) is 5.88 Å². The molecule has 17 heavy (non-hydrogen) atoms. The van der Waals surface area contributed by atoms with E-state index in [1.165, 1.54) is 5.56 Å². The van der Waals surface area contributed by atoms with E-state index >= 15 is 0 Å². The average molecular weight is 266 g/mol. The van der Waals surface area contributed by atoms with Crippen LogP contribution in [0.2, 0.25) is 0 Å². The molecule has 0 bridgehead atoms. The highest BCUT2D eigenvalue weighted by Gasteiger charge is 2.30. The van der Waals surface area contributed by atoms with E-state index in [2.05, 4.69) is 41.6 Å². The summed E-state index contributed by atoms with van der Waals surface area (Å²) < 4.78 is 0. The molecular formula is C14H16ClNS. The molecular weight excluding hydrogens is 250 g/mol. The fourth-order valence-corrected chi connectivity index (χ4v) is 3.11. The van der Waals surface area contributed by atoms with Crippen molar-refractivity contribution in [1.29, 1.82) is 0 Å². The molecule has 0 saturated carbocycles. The van der Waals surface area contributed by atoms with Gasteiger partial charge in [-0.05, 0) is 12.0 Å². The largest absolute Gasteiger partial charge is 0.250 e. The molecule has 90 valence electrons. The van der Waals surface area contributed by atoms with Crippen LogP contribution in [0.5, 0.6) is 0 Å². The maximum atomic E-state index is 6.25. The third-order valence-electron chi connectivity index (χ3n) is 3.32. The van der Waals surface area contributed by atoms with E-state index in [1.54, 1.807) is 11.3 Å². The average Bonchev–Trinajstić information content (AvgIpc) is 2.90. The van der Waals surface area contributed by atoms with Gasteiger partial charge in [-0.3, -0.25) is 0 Å². The second-order valence-corrected chi connectivity index (χ2v) is 5.28. The number of benzene rings is 1. The molecule has 0 radical (unpaired) electrons. The number of hydrogen-bond donors (Lipinski definition) is 0. The van der Waals surface area contributed by atoms with Crippen LogP contribution in [-0.2, 0) is 11.8 Å². The highest BCUT2D eigenvalue weighted by molar-refractivity contribution is 7.07. The van der Waals surface area contributed by atoms with Gasteiger partial charge in [0.2, 0.25) is 0 Å². The van der Waals surface area contributed by atoms with E-state index in [9.17, 15) is 0 Å². The fourth-order valence-electron chi connectivity index (χ4n) is 2.11. The number of aromatic nitrogens is 1. The third kappa shape index (κ3) is 2.70. The molecule has 0 aliphatic rings. The van der Waals surface area contributed by atoms with Gasteiger partial charge < -0.3 is 0 Å². The zero-order valence-electron chi connectivity index (χ0n) is 9.90. The van der Waals surface area contributed by atoms with Gasteiger partial charge in [-0.15, -0.1) is 22.9 Å². The van der Waals surface area contributed by atoms with Gasteiger partial charge in [-0.2, -0.15) is 0 Å². The lowest BCUT2D eigenvalue weighted by atomic mass is 9.76. The summed E-state index contributed by atoms with van der Waals surface area (Å²) in [5, 5.41) is 2.11. The lowest BCUT2D eigenvalue weighted by Gasteiger charge is -2.30. The van der Waals surface area contributed by atoms with Gasteiger partial charge in [0.25, 0.3) is 0 Å². The van der Waals surface area contributed by atoms with Crippen LogP contribution >= 0.6 is 22.9 Å². The smallest absolute Gasteiger partial charge is 0.0794 e. The summed E-state index contributed by atoms with van der Waals surface area (Å²) in [6, 6.07) is 10.5. The van der Waals surface area contributed by atoms with Crippen LogP contribution in [0.25, 0.3) is 0 Å². The Kier molecular flexibility index (Phi) is 4.19. The van der Waals surface area contributed by atoms with Crippen molar-refractivity contribution in [2.75, 3.05) is 5.88 Å². The lowest BCUT2D eigenvalue weighted by Crippen LogP contribution is -2.30. The lowest BCUT2D eigenvalue weighted by molar-refractivity contribution is 0.454. The monoisotopic (exact) mass is 265 g/mol. The minimum absolute atomic E-state index is 0.0108. The third-order valence-corrected chi connectivity index (χ3v) is 4.47. The van der Waals surface area contributed by atoms with Crippen LogP contribution in [0, 0.1) is 0 Å². The van der Waals surface area contributed by atoms with Crippen LogP contribution in [0.3, 0.4) is 0 Å². The van der Waals surface area contributed by atoms with E-state index < -0.39 is 0 Å². The van der Waals surface area contributed by atoms with Crippen LogP contribution in [0.4, 0.5) is 0 Å². The first-order chi connectivity index (χ1) is 8.30. The summed E-state index contributed by atoms with van der Waals surface area (Å²) in [4.78, 5) is 4.38. The quantitative estimate of drug-likeness (QED) is 0.736. The van der Waals surface area contributed by atoms with Gasteiger partial charge >= 0.3 is 0 Å². The van der Waals surface area contributed by atoms with Crippen molar-refractivity contribution in [3.8, 4) is 0 Å². The van der Waals surface area contributed by atoms with Gasteiger partial charge in [0.05, 0.1) is 11.2 Å². The molecule has 1 aromatic carbocycles. The van der Waals surface area contributed by atoms with Crippen LogP contribution in [0.1, 0.15) is 24.6 Å².